The van der Waals surface area contributed by atoms with Crippen LogP contribution in [0.1, 0.15) is 38.5 Å². The third-order valence-electron chi connectivity index (χ3n) is 4.32. The first kappa shape index (κ1) is 11.5. The summed E-state index contributed by atoms with van der Waals surface area (Å²) in [4.78, 5) is 14.2. The van der Waals surface area contributed by atoms with Crippen LogP contribution in [0.4, 0.5) is 0 Å². The molecule has 96 valence electrons. The standard InChI is InChI=1S/C13H22N2O2/c16-12-13(5-1-2-6-13)14-10-15(12)7-8-17-9-11-3-4-11/h11,14H,1-10H2. The van der Waals surface area contributed by atoms with Gasteiger partial charge in [-0.1, -0.05) is 12.8 Å². The SMILES string of the molecule is O=C1N(CCOCC2CC2)CNC12CCCC2. The summed E-state index contributed by atoms with van der Waals surface area (Å²) < 4.78 is 5.60. The minimum atomic E-state index is -0.198. The van der Waals surface area contributed by atoms with Crippen LogP contribution in [0, 0.1) is 5.92 Å². The van der Waals surface area contributed by atoms with Crippen LogP contribution in [-0.2, 0) is 9.53 Å². The molecule has 3 aliphatic rings. The van der Waals surface area contributed by atoms with Crippen LogP contribution in [0.2, 0.25) is 0 Å². The quantitative estimate of drug-likeness (QED) is 0.730. The minimum absolute atomic E-state index is 0.198. The average molecular weight is 238 g/mol. The lowest BCUT2D eigenvalue weighted by atomic mass is 9.98. The number of carbonyl (C=O) groups excluding carboxylic acids is 1. The molecule has 1 amide bonds. The van der Waals surface area contributed by atoms with E-state index in [0.717, 1.165) is 31.9 Å². The molecule has 0 aromatic heterocycles. The Bertz CT molecular complexity index is 296. The van der Waals surface area contributed by atoms with Gasteiger partial charge in [0.2, 0.25) is 5.91 Å². The highest BCUT2D eigenvalue weighted by atomic mass is 16.5. The Morgan fingerprint density at radius 2 is 2.12 bits per heavy atom. The Hall–Kier alpha value is -0.610. The largest absolute Gasteiger partial charge is 0.379 e. The lowest BCUT2D eigenvalue weighted by Gasteiger charge is -2.21. The zero-order valence-corrected chi connectivity index (χ0v) is 10.4. The molecule has 1 spiro atoms. The molecular weight excluding hydrogens is 216 g/mol. The summed E-state index contributed by atoms with van der Waals surface area (Å²) >= 11 is 0. The molecule has 17 heavy (non-hydrogen) atoms. The molecule has 2 saturated carbocycles. The highest BCUT2D eigenvalue weighted by Gasteiger charge is 2.47. The first-order valence-electron chi connectivity index (χ1n) is 6.92. The van der Waals surface area contributed by atoms with Gasteiger partial charge in [-0.3, -0.25) is 10.1 Å². The number of nitrogens with one attached hydrogen (secondary N) is 1. The van der Waals surface area contributed by atoms with Gasteiger partial charge in [0.05, 0.1) is 18.8 Å². The summed E-state index contributed by atoms with van der Waals surface area (Å²) in [6, 6.07) is 0. The normalized spacial score (nSPS) is 27.3. The van der Waals surface area contributed by atoms with Crippen molar-refractivity contribution in [1.29, 1.82) is 0 Å². The van der Waals surface area contributed by atoms with E-state index in [1.165, 1.54) is 25.7 Å². The zero-order chi connectivity index (χ0) is 11.7. The van der Waals surface area contributed by atoms with Crippen LogP contribution in [0.5, 0.6) is 0 Å². The summed E-state index contributed by atoms with van der Waals surface area (Å²) in [6.45, 7) is 3.05. The summed E-state index contributed by atoms with van der Waals surface area (Å²) in [7, 11) is 0. The predicted molar refractivity (Wildman–Crippen MR) is 64.5 cm³/mol. The van der Waals surface area contributed by atoms with Gasteiger partial charge >= 0.3 is 0 Å². The van der Waals surface area contributed by atoms with Gasteiger partial charge < -0.3 is 9.64 Å². The molecule has 0 aromatic rings. The van der Waals surface area contributed by atoms with Crippen molar-refractivity contribution in [3.63, 3.8) is 0 Å². The van der Waals surface area contributed by atoms with Gasteiger partial charge in [0.1, 0.15) is 0 Å². The van der Waals surface area contributed by atoms with E-state index < -0.39 is 0 Å². The molecular formula is C13H22N2O2. The number of nitrogens with zero attached hydrogens (tertiary/aromatic N) is 1. The fourth-order valence-electron chi connectivity index (χ4n) is 2.96. The number of ether oxygens (including phenoxy) is 1. The molecule has 4 nitrogen and oxygen atoms in total. The Morgan fingerprint density at radius 3 is 2.82 bits per heavy atom. The monoisotopic (exact) mass is 238 g/mol. The average Bonchev–Trinajstić information content (AvgIpc) is 2.96. The molecule has 1 heterocycles. The van der Waals surface area contributed by atoms with Crippen molar-refractivity contribution in [2.75, 3.05) is 26.4 Å². The first-order chi connectivity index (χ1) is 8.30. The molecule has 1 saturated heterocycles. The molecule has 1 aliphatic heterocycles. The van der Waals surface area contributed by atoms with Crippen molar-refractivity contribution in [2.24, 2.45) is 5.92 Å². The lowest BCUT2D eigenvalue weighted by molar-refractivity contribution is -0.132. The summed E-state index contributed by atoms with van der Waals surface area (Å²) in [5, 5.41) is 3.41. The molecule has 4 heteroatoms. The molecule has 0 unspecified atom stereocenters. The van der Waals surface area contributed by atoms with Gasteiger partial charge in [-0.15, -0.1) is 0 Å². The summed E-state index contributed by atoms with van der Waals surface area (Å²) in [5.41, 5.74) is -0.198. The van der Waals surface area contributed by atoms with Crippen LogP contribution in [0.15, 0.2) is 0 Å². The van der Waals surface area contributed by atoms with Gasteiger partial charge in [0, 0.05) is 13.2 Å². The topological polar surface area (TPSA) is 41.6 Å². The van der Waals surface area contributed by atoms with Gasteiger partial charge in [-0.2, -0.15) is 0 Å². The second-order valence-corrected chi connectivity index (χ2v) is 5.71. The number of hydrogen-bond acceptors (Lipinski definition) is 3. The Kier molecular flexibility index (Phi) is 3.09. The van der Waals surface area contributed by atoms with Crippen molar-refractivity contribution in [3.8, 4) is 0 Å². The van der Waals surface area contributed by atoms with Crippen molar-refractivity contribution in [2.45, 2.75) is 44.1 Å². The maximum absolute atomic E-state index is 12.3. The molecule has 0 bridgehead atoms. The van der Waals surface area contributed by atoms with Crippen molar-refractivity contribution < 1.29 is 9.53 Å². The van der Waals surface area contributed by atoms with Gasteiger partial charge in [0.25, 0.3) is 0 Å². The van der Waals surface area contributed by atoms with E-state index >= 15 is 0 Å². The van der Waals surface area contributed by atoms with E-state index in [-0.39, 0.29) is 5.54 Å². The molecule has 3 rings (SSSR count). The van der Waals surface area contributed by atoms with E-state index in [2.05, 4.69) is 5.32 Å². The maximum atomic E-state index is 12.3. The zero-order valence-electron chi connectivity index (χ0n) is 10.4. The van der Waals surface area contributed by atoms with Crippen molar-refractivity contribution in [3.05, 3.63) is 0 Å². The van der Waals surface area contributed by atoms with Gasteiger partial charge in [0.15, 0.2) is 0 Å². The number of hydrogen-bond donors (Lipinski definition) is 1. The van der Waals surface area contributed by atoms with E-state index in [4.69, 9.17) is 4.74 Å². The molecule has 3 fully saturated rings. The Balaban J connectivity index is 1.43. The third-order valence-corrected chi connectivity index (χ3v) is 4.32. The fourth-order valence-corrected chi connectivity index (χ4v) is 2.96. The number of amides is 1. The summed E-state index contributed by atoms with van der Waals surface area (Å²) in [6.07, 6.45) is 7.06. The van der Waals surface area contributed by atoms with Gasteiger partial charge in [-0.25, -0.2) is 0 Å². The van der Waals surface area contributed by atoms with Crippen LogP contribution < -0.4 is 5.32 Å². The second kappa shape index (κ2) is 4.58. The second-order valence-electron chi connectivity index (χ2n) is 5.71. The van der Waals surface area contributed by atoms with Crippen LogP contribution >= 0.6 is 0 Å². The minimum Gasteiger partial charge on any atom is -0.379 e. The van der Waals surface area contributed by atoms with Crippen molar-refractivity contribution in [1.82, 2.24) is 10.2 Å². The molecule has 0 aromatic carbocycles. The first-order valence-corrected chi connectivity index (χ1v) is 6.92. The van der Waals surface area contributed by atoms with E-state index in [9.17, 15) is 4.79 Å². The number of carbonyl (C=O) groups is 1. The maximum Gasteiger partial charge on any atom is 0.244 e. The Labute approximate surface area is 103 Å². The molecule has 0 radical (unpaired) electrons. The lowest BCUT2D eigenvalue weighted by Crippen LogP contribution is -2.44. The number of rotatable bonds is 5. The fraction of sp³-hybridized carbons (Fsp3) is 0.923. The molecule has 0 atom stereocenters. The molecule has 1 N–H and O–H groups in total. The Morgan fingerprint density at radius 1 is 1.35 bits per heavy atom. The van der Waals surface area contributed by atoms with E-state index in [1.54, 1.807) is 0 Å². The predicted octanol–water partition coefficient (Wildman–Crippen LogP) is 1.12. The third kappa shape index (κ3) is 2.33. The van der Waals surface area contributed by atoms with Crippen LogP contribution in [0.3, 0.4) is 0 Å². The van der Waals surface area contributed by atoms with Crippen molar-refractivity contribution >= 4 is 5.91 Å². The van der Waals surface area contributed by atoms with E-state index in [0.29, 0.717) is 19.2 Å². The highest BCUT2D eigenvalue weighted by molar-refractivity contribution is 5.88. The van der Waals surface area contributed by atoms with Crippen LogP contribution in [-0.4, -0.2) is 42.8 Å². The summed E-state index contributed by atoms with van der Waals surface area (Å²) in [5.74, 6) is 1.12. The van der Waals surface area contributed by atoms with Gasteiger partial charge in [-0.05, 0) is 31.6 Å². The smallest absolute Gasteiger partial charge is 0.244 e. The highest BCUT2D eigenvalue weighted by Crippen LogP contribution is 2.34. The van der Waals surface area contributed by atoms with E-state index in [1.807, 2.05) is 4.90 Å². The van der Waals surface area contributed by atoms with Crippen LogP contribution in [0.25, 0.3) is 0 Å². The molecule has 2 aliphatic carbocycles.